The molecule has 0 radical (unpaired) electrons. The Labute approximate surface area is 185 Å². The first-order chi connectivity index (χ1) is 13.3. The van der Waals surface area contributed by atoms with Crippen molar-refractivity contribution in [2.45, 2.75) is 33.2 Å². The Balaban J connectivity index is 0.00000280. The summed E-state index contributed by atoms with van der Waals surface area (Å²) >= 11 is 0. The summed E-state index contributed by atoms with van der Waals surface area (Å²) in [4.78, 5) is 18.3. The second-order valence-electron chi connectivity index (χ2n) is 6.77. The van der Waals surface area contributed by atoms with Crippen LogP contribution in [0.1, 0.15) is 25.6 Å². The maximum Gasteiger partial charge on any atom is 0.194 e. The summed E-state index contributed by atoms with van der Waals surface area (Å²) in [7, 11) is 0. The van der Waals surface area contributed by atoms with E-state index in [2.05, 4.69) is 42.6 Å². The summed E-state index contributed by atoms with van der Waals surface area (Å²) in [5.41, 5.74) is 0. The van der Waals surface area contributed by atoms with Gasteiger partial charge in [-0.05, 0) is 38.8 Å². The number of nitrogens with one attached hydrogen (secondary N) is 1. The number of hydrogen-bond donors (Lipinski definition) is 1. The van der Waals surface area contributed by atoms with Gasteiger partial charge >= 0.3 is 0 Å². The van der Waals surface area contributed by atoms with Gasteiger partial charge < -0.3 is 19.7 Å². The van der Waals surface area contributed by atoms with Crippen LogP contribution in [0, 0.1) is 6.92 Å². The van der Waals surface area contributed by atoms with Gasteiger partial charge in [-0.2, -0.15) is 0 Å². The Bertz CT molecular complexity index is 708. The zero-order valence-electron chi connectivity index (χ0n) is 16.9. The third-order valence-electron chi connectivity index (χ3n) is 4.88. The highest BCUT2D eigenvalue weighted by Crippen LogP contribution is 2.12. The SMILES string of the molecule is CCNC(=NCCCCn1ccnc1C)N1CCN(c2ccccn2)CC1.I. The number of aryl methyl sites for hydroxylation is 2. The highest BCUT2D eigenvalue weighted by molar-refractivity contribution is 14.0. The standard InChI is InChI=1S/C20H31N7.HI/c1-3-21-20(24-10-6-7-12-25-13-11-22-18(25)2)27-16-14-26(15-17-27)19-8-4-5-9-23-19;/h4-5,8-9,11,13H,3,6-7,10,12,14-17H2,1-2H3,(H,21,24);1H. The molecule has 8 heteroatoms. The molecule has 1 aliphatic rings. The Morgan fingerprint density at radius 1 is 1.11 bits per heavy atom. The average Bonchev–Trinajstić information content (AvgIpc) is 3.12. The highest BCUT2D eigenvalue weighted by atomic mass is 127. The van der Waals surface area contributed by atoms with E-state index in [1.165, 1.54) is 0 Å². The Morgan fingerprint density at radius 2 is 1.93 bits per heavy atom. The van der Waals surface area contributed by atoms with E-state index in [1.54, 1.807) is 0 Å². The molecule has 0 aromatic carbocycles. The highest BCUT2D eigenvalue weighted by Gasteiger charge is 2.20. The van der Waals surface area contributed by atoms with Gasteiger partial charge in [0.1, 0.15) is 11.6 Å². The summed E-state index contributed by atoms with van der Waals surface area (Å²) in [6.07, 6.45) is 7.97. The number of unbranched alkanes of at least 4 members (excludes halogenated alkanes) is 1. The average molecular weight is 497 g/mol. The minimum Gasteiger partial charge on any atom is -0.357 e. The van der Waals surface area contributed by atoms with E-state index < -0.39 is 0 Å². The zero-order valence-corrected chi connectivity index (χ0v) is 19.2. The quantitative estimate of drug-likeness (QED) is 0.276. The van der Waals surface area contributed by atoms with Gasteiger partial charge in [0, 0.05) is 64.4 Å². The lowest BCUT2D eigenvalue weighted by Gasteiger charge is -2.37. The number of aromatic nitrogens is 3. The van der Waals surface area contributed by atoms with E-state index in [-0.39, 0.29) is 24.0 Å². The summed E-state index contributed by atoms with van der Waals surface area (Å²) in [6, 6.07) is 6.09. The topological polar surface area (TPSA) is 61.6 Å². The first-order valence-corrected chi connectivity index (χ1v) is 9.95. The minimum atomic E-state index is 0. The summed E-state index contributed by atoms with van der Waals surface area (Å²) in [5, 5.41) is 3.45. The van der Waals surface area contributed by atoms with Gasteiger partial charge in [-0.25, -0.2) is 9.97 Å². The number of aliphatic imine (C=N–C) groups is 1. The molecule has 2 aromatic heterocycles. The predicted molar refractivity (Wildman–Crippen MR) is 126 cm³/mol. The molecule has 0 bridgehead atoms. The lowest BCUT2D eigenvalue weighted by Crippen LogP contribution is -2.52. The molecule has 154 valence electrons. The summed E-state index contributed by atoms with van der Waals surface area (Å²) < 4.78 is 2.20. The van der Waals surface area contributed by atoms with Crippen molar-refractivity contribution in [1.82, 2.24) is 24.8 Å². The number of rotatable bonds is 7. The minimum absolute atomic E-state index is 0. The maximum absolute atomic E-state index is 4.85. The number of imidazole rings is 1. The molecule has 0 amide bonds. The predicted octanol–water partition coefficient (Wildman–Crippen LogP) is 2.77. The summed E-state index contributed by atoms with van der Waals surface area (Å²) in [5.74, 6) is 3.18. The number of hydrogen-bond acceptors (Lipinski definition) is 4. The van der Waals surface area contributed by atoms with Crippen molar-refractivity contribution in [2.75, 3.05) is 44.2 Å². The molecule has 3 heterocycles. The van der Waals surface area contributed by atoms with E-state index in [1.807, 2.05) is 37.6 Å². The third-order valence-corrected chi connectivity index (χ3v) is 4.88. The van der Waals surface area contributed by atoms with Gasteiger partial charge in [-0.1, -0.05) is 6.07 Å². The van der Waals surface area contributed by atoms with E-state index in [4.69, 9.17) is 4.99 Å². The van der Waals surface area contributed by atoms with Crippen LogP contribution in [0.5, 0.6) is 0 Å². The maximum atomic E-state index is 4.85. The van der Waals surface area contributed by atoms with Crippen molar-refractivity contribution in [1.29, 1.82) is 0 Å². The van der Waals surface area contributed by atoms with Crippen molar-refractivity contribution < 1.29 is 0 Å². The molecule has 28 heavy (non-hydrogen) atoms. The second kappa shape index (κ2) is 11.9. The van der Waals surface area contributed by atoms with Gasteiger partial charge in [0.25, 0.3) is 0 Å². The van der Waals surface area contributed by atoms with E-state index in [0.29, 0.717) is 0 Å². The molecule has 2 aromatic rings. The lowest BCUT2D eigenvalue weighted by molar-refractivity contribution is 0.371. The molecule has 1 fully saturated rings. The van der Waals surface area contributed by atoms with Crippen molar-refractivity contribution in [3.05, 3.63) is 42.6 Å². The van der Waals surface area contributed by atoms with Crippen molar-refractivity contribution >= 4 is 35.8 Å². The van der Waals surface area contributed by atoms with Crippen molar-refractivity contribution in [3.8, 4) is 0 Å². The molecular weight excluding hydrogens is 465 g/mol. The van der Waals surface area contributed by atoms with Gasteiger partial charge in [0.2, 0.25) is 0 Å². The van der Waals surface area contributed by atoms with Gasteiger partial charge in [0.15, 0.2) is 5.96 Å². The molecule has 0 spiro atoms. The molecule has 1 aliphatic heterocycles. The molecule has 0 aliphatic carbocycles. The van der Waals surface area contributed by atoms with Gasteiger partial charge in [-0.3, -0.25) is 4.99 Å². The Kier molecular flexibility index (Phi) is 9.52. The molecule has 3 rings (SSSR count). The largest absolute Gasteiger partial charge is 0.357 e. The van der Waals surface area contributed by atoms with Crippen LogP contribution in [-0.4, -0.2) is 64.7 Å². The van der Waals surface area contributed by atoms with Crippen LogP contribution in [0.4, 0.5) is 5.82 Å². The second-order valence-corrected chi connectivity index (χ2v) is 6.77. The Morgan fingerprint density at radius 3 is 2.57 bits per heavy atom. The fourth-order valence-electron chi connectivity index (χ4n) is 3.33. The smallest absolute Gasteiger partial charge is 0.194 e. The molecular formula is C20H32IN7. The first-order valence-electron chi connectivity index (χ1n) is 9.95. The molecule has 1 N–H and O–H groups in total. The van der Waals surface area contributed by atoms with E-state index in [0.717, 1.165) is 76.3 Å². The van der Waals surface area contributed by atoms with Crippen LogP contribution < -0.4 is 10.2 Å². The third kappa shape index (κ3) is 6.35. The monoisotopic (exact) mass is 497 g/mol. The lowest BCUT2D eigenvalue weighted by atomic mass is 10.3. The fraction of sp³-hybridized carbons (Fsp3) is 0.550. The normalized spacial score (nSPS) is 14.7. The van der Waals surface area contributed by atoms with Crippen LogP contribution in [0.25, 0.3) is 0 Å². The molecule has 0 saturated carbocycles. The Hall–Kier alpha value is -1.84. The van der Waals surface area contributed by atoms with Crippen LogP contribution in [0.15, 0.2) is 41.8 Å². The van der Waals surface area contributed by atoms with Crippen LogP contribution in [0.3, 0.4) is 0 Å². The van der Waals surface area contributed by atoms with Crippen LogP contribution >= 0.6 is 24.0 Å². The van der Waals surface area contributed by atoms with E-state index >= 15 is 0 Å². The number of nitrogens with zero attached hydrogens (tertiary/aromatic N) is 6. The van der Waals surface area contributed by atoms with Crippen molar-refractivity contribution in [3.63, 3.8) is 0 Å². The van der Waals surface area contributed by atoms with Gasteiger partial charge in [0.05, 0.1) is 0 Å². The number of guanidine groups is 1. The molecule has 1 saturated heterocycles. The first kappa shape index (κ1) is 22.4. The number of piperazine rings is 1. The number of anilines is 1. The molecule has 7 nitrogen and oxygen atoms in total. The zero-order chi connectivity index (χ0) is 18.9. The van der Waals surface area contributed by atoms with Crippen LogP contribution in [0.2, 0.25) is 0 Å². The van der Waals surface area contributed by atoms with Gasteiger partial charge in [-0.15, -0.1) is 24.0 Å². The number of halogens is 1. The molecule has 0 atom stereocenters. The van der Waals surface area contributed by atoms with Crippen LogP contribution in [-0.2, 0) is 6.54 Å². The number of pyridine rings is 1. The summed E-state index contributed by atoms with van der Waals surface area (Å²) in [6.45, 7) is 10.8. The fourth-order valence-corrected chi connectivity index (χ4v) is 3.33. The van der Waals surface area contributed by atoms with E-state index in [9.17, 15) is 0 Å². The molecule has 0 unspecified atom stereocenters. The van der Waals surface area contributed by atoms with Crippen molar-refractivity contribution in [2.24, 2.45) is 4.99 Å².